The van der Waals surface area contributed by atoms with Crippen molar-refractivity contribution in [1.29, 1.82) is 0 Å². The minimum absolute atomic E-state index is 0.0933. The minimum atomic E-state index is -4.48. The summed E-state index contributed by atoms with van der Waals surface area (Å²) in [6, 6.07) is 0. The maximum absolute atomic E-state index is 9.81. The van der Waals surface area contributed by atoms with E-state index >= 15 is 0 Å². The molecule has 0 N–H and O–H groups in total. The molecule has 0 saturated carbocycles. The van der Waals surface area contributed by atoms with Crippen LogP contribution in [0.2, 0.25) is 0 Å². The van der Waals surface area contributed by atoms with Crippen LogP contribution in [0.15, 0.2) is 0 Å². The summed E-state index contributed by atoms with van der Waals surface area (Å²) < 4.78 is 14.1. The molecule has 0 amide bonds. The first-order valence-electron chi connectivity index (χ1n) is 2.21. The molecule has 6 heteroatoms. The van der Waals surface area contributed by atoms with E-state index in [-0.39, 0.29) is 12.5 Å². The van der Waals surface area contributed by atoms with Gasteiger partial charge in [0.1, 0.15) is 0 Å². The molecule has 0 rings (SSSR count). The fourth-order valence-electron chi connectivity index (χ4n) is 0.231. The lowest BCUT2D eigenvalue weighted by Crippen LogP contribution is -2.18. The van der Waals surface area contributed by atoms with Gasteiger partial charge < -0.3 is 19.1 Å². The first-order valence-corrected chi connectivity index (χ1v) is 4.47. The highest BCUT2D eigenvalue weighted by molar-refractivity contribution is 7.48. The molecule has 0 aromatic carbocycles. The highest BCUT2D eigenvalue weighted by Gasteiger charge is 1.88. The molecular weight excluding hydrogens is 166 g/mol. The second-order valence-electron chi connectivity index (χ2n) is 1.34. The topological polar surface area (TPSA) is 72.4 Å². The number of hydrogen-bond acceptors (Lipinski definition) is 4. The Balaban J connectivity index is 3.18. The molecular formula is C3H6ClO4P-2. The molecule has 0 unspecified atom stereocenters. The van der Waals surface area contributed by atoms with Crippen LogP contribution in [-0.4, -0.2) is 18.8 Å². The Kier molecular flexibility index (Phi) is 4.44. The second kappa shape index (κ2) is 4.25. The molecule has 0 fully saturated rings. The lowest BCUT2D eigenvalue weighted by Gasteiger charge is -2.28. The van der Waals surface area contributed by atoms with E-state index in [0.717, 1.165) is 0 Å². The summed E-state index contributed by atoms with van der Waals surface area (Å²) in [4.78, 5) is 19.6. The second-order valence-corrected chi connectivity index (χ2v) is 3.20. The number of rotatable bonds is 4. The Morgan fingerprint density at radius 1 is 1.56 bits per heavy atom. The summed E-state index contributed by atoms with van der Waals surface area (Å²) in [6.07, 6.45) is -0.764. The Morgan fingerprint density at radius 2 is 2.11 bits per heavy atom. The van der Waals surface area contributed by atoms with Crippen molar-refractivity contribution in [2.45, 2.75) is 0 Å². The van der Waals surface area contributed by atoms with Gasteiger partial charge in [-0.05, 0) is 7.60 Å². The van der Waals surface area contributed by atoms with E-state index in [0.29, 0.717) is 0 Å². The van der Waals surface area contributed by atoms with E-state index in [2.05, 4.69) is 4.74 Å². The Labute approximate surface area is 57.9 Å². The van der Waals surface area contributed by atoms with Crippen LogP contribution in [0.25, 0.3) is 0 Å². The summed E-state index contributed by atoms with van der Waals surface area (Å²) in [6.45, 7) is 0.0933. The van der Waals surface area contributed by atoms with Crippen LogP contribution in [0, 0.1) is 0 Å². The fraction of sp³-hybridized carbons (Fsp3) is 1.00. The SMILES string of the molecule is O=P([O-])([O-])COCCCl. The Hall–Kier alpha value is 0.400. The van der Waals surface area contributed by atoms with Crippen LogP contribution in [0.1, 0.15) is 0 Å². The fourth-order valence-corrected chi connectivity index (χ4v) is 0.693. The van der Waals surface area contributed by atoms with Crippen molar-refractivity contribution in [3.8, 4) is 0 Å². The number of alkyl halides is 1. The average Bonchev–Trinajstić information content (AvgIpc) is 1.63. The van der Waals surface area contributed by atoms with Gasteiger partial charge >= 0.3 is 0 Å². The predicted molar refractivity (Wildman–Crippen MR) is 29.1 cm³/mol. The zero-order valence-electron chi connectivity index (χ0n) is 4.58. The van der Waals surface area contributed by atoms with Gasteiger partial charge in [0.15, 0.2) is 0 Å². The maximum atomic E-state index is 9.81. The molecule has 0 aliphatic heterocycles. The van der Waals surface area contributed by atoms with Crippen molar-refractivity contribution in [3.05, 3.63) is 0 Å². The Morgan fingerprint density at radius 3 is 2.44 bits per heavy atom. The molecule has 0 spiro atoms. The first kappa shape index (κ1) is 9.40. The molecule has 0 aliphatic carbocycles. The van der Waals surface area contributed by atoms with Gasteiger partial charge in [0, 0.05) is 5.88 Å². The summed E-state index contributed by atoms with van der Waals surface area (Å²) in [5.74, 6) is 0.194. The average molecular weight is 173 g/mol. The molecule has 0 atom stereocenters. The highest BCUT2D eigenvalue weighted by Crippen LogP contribution is 2.21. The van der Waals surface area contributed by atoms with E-state index < -0.39 is 13.9 Å². The highest BCUT2D eigenvalue weighted by atomic mass is 35.5. The number of ether oxygens (including phenoxy) is 1. The van der Waals surface area contributed by atoms with Gasteiger partial charge in [-0.25, -0.2) is 0 Å². The van der Waals surface area contributed by atoms with Crippen molar-refractivity contribution in [2.24, 2.45) is 0 Å². The van der Waals surface area contributed by atoms with Crippen LogP contribution in [0.5, 0.6) is 0 Å². The van der Waals surface area contributed by atoms with E-state index in [1.54, 1.807) is 0 Å². The zero-order chi connectivity index (χ0) is 7.33. The third-order valence-corrected chi connectivity index (χ3v) is 1.12. The normalized spacial score (nSPS) is 11.9. The summed E-state index contributed by atoms with van der Waals surface area (Å²) in [5.41, 5.74) is 0. The van der Waals surface area contributed by atoms with Crippen LogP contribution in [-0.2, 0) is 9.30 Å². The van der Waals surface area contributed by atoms with Crippen LogP contribution < -0.4 is 9.79 Å². The van der Waals surface area contributed by atoms with Crippen molar-refractivity contribution < 1.29 is 19.1 Å². The molecule has 0 heterocycles. The lowest BCUT2D eigenvalue weighted by atomic mass is 10.9. The summed E-state index contributed by atoms with van der Waals surface area (Å²) in [7, 11) is -4.48. The van der Waals surface area contributed by atoms with Crippen LogP contribution in [0.3, 0.4) is 0 Å². The minimum Gasteiger partial charge on any atom is -0.809 e. The third kappa shape index (κ3) is 8.40. The molecule has 0 radical (unpaired) electrons. The Bertz CT molecular complexity index is 110. The van der Waals surface area contributed by atoms with Crippen molar-refractivity contribution in [1.82, 2.24) is 0 Å². The number of halogens is 1. The number of hydrogen-bond donors (Lipinski definition) is 0. The van der Waals surface area contributed by atoms with Gasteiger partial charge in [-0.3, -0.25) is 0 Å². The first-order chi connectivity index (χ1) is 4.06. The molecule has 56 valence electrons. The van der Waals surface area contributed by atoms with E-state index in [9.17, 15) is 14.4 Å². The van der Waals surface area contributed by atoms with Crippen LogP contribution in [0.4, 0.5) is 0 Å². The van der Waals surface area contributed by atoms with Gasteiger partial charge in [-0.1, -0.05) is 0 Å². The molecule has 0 aliphatic rings. The quantitative estimate of drug-likeness (QED) is 0.313. The molecule has 0 saturated heterocycles. The van der Waals surface area contributed by atoms with Gasteiger partial charge in [0.05, 0.1) is 13.0 Å². The van der Waals surface area contributed by atoms with Gasteiger partial charge in [0.25, 0.3) is 0 Å². The molecule has 0 bridgehead atoms. The van der Waals surface area contributed by atoms with Crippen molar-refractivity contribution >= 4 is 19.2 Å². The van der Waals surface area contributed by atoms with E-state index in [4.69, 9.17) is 11.6 Å². The summed E-state index contributed by atoms with van der Waals surface area (Å²) in [5, 5.41) is 0. The van der Waals surface area contributed by atoms with Gasteiger partial charge in [-0.2, -0.15) is 0 Å². The lowest BCUT2D eigenvalue weighted by molar-refractivity contribution is -0.318. The summed E-state index contributed by atoms with van der Waals surface area (Å²) >= 11 is 5.11. The molecule has 0 aromatic rings. The zero-order valence-corrected chi connectivity index (χ0v) is 6.23. The van der Waals surface area contributed by atoms with E-state index in [1.807, 2.05) is 0 Å². The molecule has 4 nitrogen and oxygen atoms in total. The van der Waals surface area contributed by atoms with Gasteiger partial charge in [-0.15, -0.1) is 11.6 Å². The molecule has 0 aromatic heterocycles. The monoisotopic (exact) mass is 172 g/mol. The third-order valence-electron chi connectivity index (χ3n) is 0.471. The predicted octanol–water partition coefficient (Wildman–Crippen LogP) is -0.887. The smallest absolute Gasteiger partial charge is 0.0737 e. The van der Waals surface area contributed by atoms with Gasteiger partial charge in [0.2, 0.25) is 0 Å². The van der Waals surface area contributed by atoms with E-state index in [1.165, 1.54) is 0 Å². The standard InChI is InChI=1S/C3H8ClO4P/c4-1-2-8-3-9(5,6)7/h1-3H2,(H2,5,6,7)/p-2. The van der Waals surface area contributed by atoms with Crippen LogP contribution >= 0.6 is 19.2 Å². The largest absolute Gasteiger partial charge is 0.809 e. The van der Waals surface area contributed by atoms with Crippen molar-refractivity contribution in [2.75, 3.05) is 18.8 Å². The maximum Gasteiger partial charge on any atom is 0.0737 e. The van der Waals surface area contributed by atoms with Crippen molar-refractivity contribution in [3.63, 3.8) is 0 Å². The molecule has 9 heavy (non-hydrogen) atoms.